The Kier molecular flexibility index (Phi) is 55.9. The van der Waals surface area contributed by atoms with E-state index < -0.39 is 6.10 Å². The van der Waals surface area contributed by atoms with Gasteiger partial charge in [-0.1, -0.05) is 251 Å². The molecule has 0 amide bonds. The van der Waals surface area contributed by atoms with Crippen LogP contribution in [0.1, 0.15) is 258 Å². The molecule has 0 saturated carbocycles. The molecule has 0 heterocycles. The molecule has 0 aliphatic carbocycles. The standard InChI is InChI=1S/C66H108O6/c1-4-7-10-13-16-19-22-25-28-30-31-32-33-34-35-37-38-41-44-47-50-53-56-59-65(68)71-62-63(61-70-64(67)58-55-52-49-46-43-40-27-24-21-18-15-12-9-6-3)72-66(69)60-57-54-51-48-45-42-39-36-29-26-23-20-17-14-11-8-5-2/h7-8,10-11,16-17,19-20,25-26,28-29,31-32,34-35,38-39,41-42,63H,4-6,9,12-15,18,21-24,27,30,33,36-37,40,43-62H2,1-3H3/b10-7-,11-8-,19-16-,20-17-,28-25-,29-26-,32-31-,35-34-,41-38-,42-39-. The van der Waals surface area contributed by atoms with Crippen LogP contribution in [0.4, 0.5) is 0 Å². The number of hydrogen-bond acceptors (Lipinski definition) is 6. The van der Waals surface area contributed by atoms with E-state index in [4.69, 9.17) is 14.2 Å². The smallest absolute Gasteiger partial charge is 0.306 e. The normalized spacial score (nSPS) is 13.0. The summed E-state index contributed by atoms with van der Waals surface area (Å²) in [5, 5.41) is 0. The van der Waals surface area contributed by atoms with E-state index in [1.54, 1.807) is 0 Å². The summed E-state index contributed by atoms with van der Waals surface area (Å²) in [6.07, 6.45) is 81.9. The molecule has 0 aromatic heterocycles. The maximum Gasteiger partial charge on any atom is 0.306 e. The van der Waals surface area contributed by atoms with E-state index in [9.17, 15) is 14.4 Å². The number of unbranched alkanes of at least 4 members (excludes halogenated alkanes) is 21. The fraction of sp³-hybridized carbons (Fsp3) is 0.652. The lowest BCUT2D eigenvalue weighted by Crippen LogP contribution is -2.30. The molecule has 0 aromatic rings. The van der Waals surface area contributed by atoms with Crippen LogP contribution in [0.15, 0.2) is 122 Å². The Balaban J connectivity index is 4.47. The number of allylic oxidation sites excluding steroid dienone is 20. The van der Waals surface area contributed by atoms with E-state index >= 15 is 0 Å². The fourth-order valence-corrected chi connectivity index (χ4v) is 7.85. The Morgan fingerprint density at radius 2 is 0.542 bits per heavy atom. The Hall–Kier alpha value is -4.19. The number of carbonyl (C=O) groups is 3. The average Bonchev–Trinajstić information content (AvgIpc) is 3.38. The zero-order valence-corrected chi connectivity index (χ0v) is 46.7. The van der Waals surface area contributed by atoms with Crippen molar-refractivity contribution in [2.24, 2.45) is 0 Å². The minimum Gasteiger partial charge on any atom is -0.462 e. The van der Waals surface area contributed by atoms with Crippen molar-refractivity contribution in [2.75, 3.05) is 13.2 Å². The molecule has 408 valence electrons. The molecular formula is C66H108O6. The Bertz CT molecular complexity index is 1520. The van der Waals surface area contributed by atoms with Crippen molar-refractivity contribution < 1.29 is 28.6 Å². The monoisotopic (exact) mass is 997 g/mol. The number of esters is 3. The molecule has 0 aromatic carbocycles. The maximum absolute atomic E-state index is 12.9. The van der Waals surface area contributed by atoms with E-state index in [-0.39, 0.29) is 31.1 Å². The highest BCUT2D eigenvalue weighted by Crippen LogP contribution is 2.15. The lowest BCUT2D eigenvalue weighted by Gasteiger charge is -2.18. The highest BCUT2D eigenvalue weighted by molar-refractivity contribution is 5.71. The Morgan fingerprint density at radius 3 is 0.847 bits per heavy atom. The highest BCUT2D eigenvalue weighted by Gasteiger charge is 2.19. The second-order valence-electron chi connectivity index (χ2n) is 19.1. The lowest BCUT2D eigenvalue weighted by molar-refractivity contribution is -0.167. The van der Waals surface area contributed by atoms with Crippen molar-refractivity contribution in [3.63, 3.8) is 0 Å². The summed E-state index contributed by atoms with van der Waals surface area (Å²) in [5.74, 6) is -0.946. The van der Waals surface area contributed by atoms with Crippen LogP contribution in [0, 0.1) is 0 Å². The zero-order valence-electron chi connectivity index (χ0n) is 46.7. The molecule has 0 aliphatic heterocycles. The molecule has 0 rings (SSSR count). The predicted molar refractivity (Wildman–Crippen MR) is 311 cm³/mol. The highest BCUT2D eigenvalue weighted by atomic mass is 16.6. The van der Waals surface area contributed by atoms with Crippen molar-refractivity contribution in [3.8, 4) is 0 Å². The van der Waals surface area contributed by atoms with E-state index in [2.05, 4.69) is 142 Å². The van der Waals surface area contributed by atoms with E-state index in [1.165, 1.54) is 70.6 Å². The molecule has 6 nitrogen and oxygen atoms in total. The Labute approximate surface area is 443 Å². The van der Waals surface area contributed by atoms with Crippen LogP contribution < -0.4 is 0 Å². The van der Waals surface area contributed by atoms with Crippen molar-refractivity contribution in [3.05, 3.63) is 122 Å². The molecule has 0 spiro atoms. The first kappa shape index (κ1) is 67.8. The summed E-state index contributed by atoms with van der Waals surface area (Å²) in [5.41, 5.74) is 0. The number of ether oxygens (including phenoxy) is 3. The summed E-state index contributed by atoms with van der Waals surface area (Å²) in [6.45, 7) is 6.38. The van der Waals surface area contributed by atoms with Crippen molar-refractivity contribution in [1.29, 1.82) is 0 Å². The topological polar surface area (TPSA) is 78.9 Å². The van der Waals surface area contributed by atoms with Crippen LogP contribution in [-0.2, 0) is 28.6 Å². The zero-order chi connectivity index (χ0) is 52.2. The van der Waals surface area contributed by atoms with Crippen molar-refractivity contribution >= 4 is 17.9 Å². The number of carbonyl (C=O) groups excluding carboxylic acids is 3. The molecule has 0 N–H and O–H groups in total. The van der Waals surface area contributed by atoms with E-state index in [1.807, 2.05) is 0 Å². The third-order valence-corrected chi connectivity index (χ3v) is 12.2. The van der Waals surface area contributed by atoms with Gasteiger partial charge in [-0.3, -0.25) is 14.4 Å². The van der Waals surface area contributed by atoms with Gasteiger partial charge in [-0.05, 0) is 109 Å². The van der Waals surface area contributed by atoms with Gasteiger partial charge in [0.15, 0.2) is 6.10 Å². The van der Waals surface area contributed by atoms with Gasteiger partial charge >= 0.3 is 17.9 Å². The van der Waals surface area contributed by atoms with Gasteiger partial charge in [0, 0.05) is 19.3 Å². The first-order valence-corrected chi connectivity index (χ1v) is 29.5. The molecule has 1 unspecified atom stereocenters. The van der Waals surface area contributed by atoms with Gasteiger partial charge in [-0.25, -0.2) is 0 Å². The van der Waals surface area contributed by atoms with Gasteiger partial charge in [0.1, 0.15) is 13.2 Å². The molecule has 0 fully saturated rings. The molecule has 0 radical (unpaired) electrons. The van der Waals surface area contributed by atoms with Gasteiger partial charge < -0.3 is 14.2 Å². The first-order chi connectivity index (χ1) is 35.5. The first-order valence-electron chi connectivity index (χ1n) is 29.5. The second-order valence-corrected chi connectivity index (χ2v) is 19.1. The summed E-state index contributed by atoms with van der Waals surface area (Å²) < 4.78 is 16.8. The molecular weight excluding hydrogens is 889 g/mol. The third-order valence-electron chi connectivity index (χ3n) is 12.2. The summed E-state index contributed by atoms with van der Waals surface area (Å²) in [7, 11) is 0. The summed E-state index contributed by atoms with van der Waals surface area (Å²) in [6, 6.07) is 0. The minimum absolute atomic E-state index is 0.0973. The molecule has 0 saturated heterocycles. The fourth-order valence-electron chi connectivity index (χ4n) is 7.85. The van der Waals surface area contributed by atoms with Gasteiger partial charge in [0.05, 0.1) is 0 Å². The molecule has 0 bridgehead atoms. The average molecular weight is 998 g/mol. The molecule has 72 heavy (non-hydrogen) atoms. The lowest BCUT2D eigenvalue weighted by atomic mass is 10.0. The second kappa shape index (κ2) is 59.4. The Morgan fingerprint density at radius 1 is 0.292 bits per heavy atom. The van der Waals surface area contributed by atoms with Gasteiger partial charge in [-0.2, -0.15) is 0 Å². The van der Waals surface area contributed by atoms with Crippen LogP contribution in [0.5, 0.6) is 0 Å². The quantitative estimate of drug-likeness (QED) is 0.0261. The van der Waals surface area contributed by atoms with Crippen LogP contribution in [-0.4, -0.2) is 37.2 Å². The summed E-state index contributed by atoms with van der Waals surface area (Å²) >= 11 is 0. The molecule has 6 heteroatoms. The minimum atomic E-state index is -0.804. The third kappa shape index (κ3) is 56.7. The number of hydrogen-bond donors (Lipinski definition) is 0. The molecule has 1 atom stereocenters. The van der Waals surface area contributed by atoms with Crippen LogP contribution in [0.2, 0.25) is 0 Å². The van der Waals surface area contributed by atoms with E-state index in [0.29, 0.717) is 19.3 Å². The number of rotatable bonds is 52. The SMILES string of the molecule is CC/C=C\C/C=C\C/C=C\C/C=C\C/C=C\C/C=C\CCCCCCC(=O)OCC(COC(=O)CCCCCCCCCCCCCCCC)OC(=O)CCCCCC/C=C\C/C=C\C/C=C\C/C=C\CC. The van der Waals surface area contributed by atoms with Gasteiger partial charge in [-0.15, -0.1) is 0 Å². The predicted octanol–water partition coefficient (Wildman–Crippen LogP) is 20.0. The van der Waals surface area contributed by atoms with Crippen LogP contribution in [0.3, 0.4) is 0 Å². The van der Waals surface area contributed by atoms with E-state index in [0.717, 1.165) is 148 Å². The maximum atomic E-state index is 12.9. The van der Waals surface area contributed by atoms with Crippen molar-refractivity contribution in [2.45, 2.75) is 264 Å². The van der Waals surface area contributed by atoms with Crippen LogP contribution >= 0.6 is 0 Å². The van der Waals surface area contributed by atoms with Gasteiger partial charge in [0.25, 0.3) is 0 Å². The molecule has 0 aliphatic rings. The largest absolute Gasteiger partial charge is 0.462 e. The van der Waals surface area contributed by atoms with Gasteiger partial charge in [0.2, 0.25) is 0 Å². The summed E-state index contributed by atoms with van der Waals surface area (Å²) in [4.78, 5) is 38.2. The van der Waals surface area contributed by atoms with Crippen molar-refractivity contribution in [1.82, 2.24) is 0 Å². The van der Waals surface area contributed by atoms with Crippen LogP contribution in [0.25, 0.3) is 0 Å².